The van der Waals surface area contributed by atoms with Crippen LogP contribution in [0.4, 0.5) is 11.4 Å². The second kappa shape index (κ2) is 8.89. The third-order valence-electron chi connectivity index (χ3n) is 4.51. The van der Waals surface area contributed by atoms with Gasteiger partial charge >= 0.3 is 0 Å². The van der Waals surface area contributed by atoms with E-state index in [4.69, 9.17) is 5.11 Å². The summed E-state index contributed by atoms with van der Waals surface area (Å²) in [5, 5.41) is 12.0. The number of benzene rings is 1. The SMILES string of the molecule is CCCN1CCC(C(=O)Nc2ccc(N(C)CCO)cc2)CC1. The lowest BCUT2D eigenvalue weighted by Gasteiger charge is -2.30. The second-order valence-electron chi connectivity index (χ2n) is 6.30. The Bertz CT molecular complexity index is 482. The maximum absolute atomic E-state index is 12.4. The van der Waals surface area contributed by atoms with Gasteiger partial charge in [-0.2, -0.15) is 0 Å². The number of hydrogen-bond acceptors (Lipinski definition) is 4. The van der Waals surface area contributed by atoms with Crippen molar-refractivity contribution in [2.75, 3.05) is 50.1 Å². The van der Waals surface area contributed by atoms with Crippen molar-refractivity contribution in [3.8, 4) is 0 Å². The molecule has 1 aromatic rings. The first-order valence-corrected chi connectivity index (χ1v) is 8.59. The normalized spacial score (nSPS) is 16.3. The minimum Gasteiger partial charge on any atom is -0.395 e. The summed E-state index contributed by atoms with van der Waals surface area (Å²) in [7, 11) is 1.94. The molecule has 0 radical (unpaired) electrons. The van der Waals surface area contributed by atoms with Gasteiger partial charge < -0.3 is 20.2 Å². The van der Waals surface area contributed by atoms with Crippen LogP contribution in [0.2, 0.25) is 0 Å². The Hall–Kier alpha value is -1.59. The molecule has 128 valence electrons. The van der Waals surface area contributed by atoms with Crippen molar-refractivity contribution in [2.45, 2.75) is 26.2 Å². The van der Waals surface area contributed by atoms with Crippen molar-refractivity contribution in [1.29, 1.82) is 0 Å². The molecule has 0 atom stereocenters. The van der Waals surface area contributed by atoms with Crippen LogP contribution < -0.4 is 10.2 Å². The molecule has 0 unspecified atom stereocenters. The van der Waals surface area contributed by atoms with Gasteiger partial charge in [0.2, 0.25) is 5.91 Å². The zero-order chi connectivity index (χ0) is 16.7. The molecule has 2 N–H and O–H groups in total. The van der Waals surface area contributed by atoms with E-state index in [2.05, 4.69) is 17.1 Å². The van der Waals surface area contributed by atoms with Crippen LogP contribution in [0, 0.1) is 5.92 Å². The molecule has 23 heavy (non-hydrogen) atoms. The summed E-state index contributed by atoms with van der Waals surface area (Å²) in [4.78, 5) is 16.8. The van der Waals surface area contributed by atoms with Crippen LogP contribution in [0.1, 0.15) is 26.2 Å². The molecule has 0 aromatic heterocycles. The number of hydrogen-bond donors (Lipinski definition) is 2. The summed E-state index contributed by atoms with van der Waals surface area (Å²) in [6.45, 7) is 6.11. The van der Waals surface area contributed by atoms with Gasteiger partial charge in [-0.1, -0.05) is 6.92 Å². The molecule has 1 aliphatic heterocycles. The first-order chi connectivity index (χ1) is 11.1. The summed E-state index contributed by atoms with van der Waals surface area (Å²) < 4.78 is 0. The highest BCUT2D eigenvalue weighted by Crippen LogP contribution is 2.21. The highest BCUT2D eigenvalue weighted by molar-refractivity contribution is 5.92. The summed E-state index contributed by atoms with van der Waals surface area (Å²) in [5.41, 5.74) is 1.87. The number of nitrogens with zero attached hydrogens (tertiary/aromatic N) is 2. The van der Waals surface area contributed by atoms with Gasteiger partial charge in [0, 0.05) is 30.9 Å². The first-order valence-electron chi connectivity index (χ1n) is 8.59. The van der Waals surface area contributed by atoms with Gasteiger partial charge in [-0.3, -0.25) is 4.79 Å². The van der Waals surface area contributed by atoms with E-state index in [9.17, 15) is 4.79 Å². The maximum atomic E-state index is 12.4. The number of likely N-dealkylation sites (N-methyl/N-ethyl adjacent to an activating group) is 1. The fourth-order valence-corrected chi connectivity index (χ4v) is 3.06. The summed E-state index contributed by atoms with van der Waals surface area (Å²) >= 11 is 0. The van der Waals surface area contributed by atoms with Crippen LogP contribution in [0.15, 0.2) is 24.3 Å². The van der Waals surface area contributed by atoms with Gasteiger partial charge in [0.15, 0.2) is 0 Å². The molecule has 0 spiro atoms. The summed E-state index contributed by atoms with van der Waals surface area (Å²) in [5.74, 6) is 0.262. The number of rotatable bonds is 7. The molecule has 0 saturated carbocycles. The molecule has 1 fully saturated rings. The van der Waals surface area contributed by atoms with Crippen LogP contribution in [0.25, 0.3) is 0 Å². The molecule has 5 nitrogen and oxygen atoms in total. The first kappa shape index (κ1) is 17.8. The minimum atomic E-state index is 0.125. The van der Waals surface area contributed by atoms with Crippen LogP contribution >= 0.6 is 0 Å². The van der Waals surface area contributed by atoms with Gasteiger partial charge in [0.05, 0.1) is 6.61 Å². The standard InChI is InChI=1S/C18H29N3O2/c1-3-10-21-11-8-15(9-12-21)18(23)19-16-4-6-17(7-5-16)20(2)13-14-22/h4-7,15,22H,3,8-14H2,1-2H3,(H,19,23). The van der Waals surface area contributed by atoms with Gasteiger partial charge in [0.1, 0.15) is 0 Å². The van der Waals surface area contributed by atoms with E-state index in [0.29, 0.717) is 6.54 Å². The number of piperidine rings is 1. The number of anilines is 2. The number of amides is 1. The lowest BCUT2D eigenvalue weighted by molar-refractivity contribution is -0.121. The molecule has 1 amide bonds. The largest absolute Gasteiger partial charge is 0.395 e. The molecule has 5 heteroatoms. The maximum Gasteiger partial charge on any atom is 0.227 e. The molecule has 1 heterocycles. The van der Waals surface area contributed by atoms with Crippen molar-refractivity contribution >= 4 is 17.3 Å². The zero-order valence-corrected chi connectivity index (χ0v) is 14.3. The fourth-order valence-electron chi connectivity index (χ4n) is 3.06. The molecule has 2 rings (SSSR count). The Morgan fingerprint density at radius 2 is 1.96 bits per heavy atom. The van der Waals surface area contributed by atoms with Gasteiger partial charge in [-0.15, -0.1) is 0 Å². The number of aliphatic hydroxyl groups is 1. The van der Waals surface area contributed by atoms with E-state index in [1.807, 2.05) is 36.2 Å². The molecule has 1 aromatic carbocycles. The van der Waals surface area contributed by atoms with Crippen molar-refractivity contribution in [1.82, 2.24) is 4.90 Å². The monoisotopic (exact) mass is 319 g/mol. The minimum absolute atomic E-state index is 0.125. The van der Waals surface area contributed by atoms with Crippen LogP contribution in [0.3, 0.4) is 0 Å². The van der Waals surface area contributed by atoms with Crippen molar-refractivity contribution in [3.05, 3.63) is 24.3 Å². The fraction of sp³-hybridized carbons (Fsp3) is 0.611. The predicted molar refractivity (Wildman–Crippen MR) is 94.9 cm³/mol. The van der Waals surface area contributed by atoms with Crippen LogP contribution in [-0.2, 0) is 4.79 Å². The average Bonchev–Trinajstić information content (AvgIpc) is 2.56. The molecule has 1 aliphatic rings. The summed E-state index contributed by atoms with van der Waals surface area (Å²) in [6, 6.07) is 7.78. The van der Waals surface area contributed by atoms with Crippen molar-refractivity contribution in [3.63, 3.8) is 0 Å². The average molecular weight is 319 g/mol. The Morgan fingerprint density at radius 3 is 2.52 bits per heavy atom. The number of aliphatic hydroxyl groups excluding tert-OH is 1. The number of carbonyl (C=O) groups is 1. The quantitative estimate of drug-likeness (QED) is 0.809. The molecule has 0 bridgehead atoms. The van der Waals surface area contributed by atoms with Crippen LogP contribution in [0.5, 0.6) is 0 Å². The molecule has 1 saturated heterocycles. The van der Waals surface area contributed by atoms with Crippen LogP contribution in [-0.4, -0.2) is 55.7 Å². The lowest BCUT2D eigenvalue weighted by atomic mass is 9.95. The number of likely N-dealkylation sites (tertiary alicyclic amines) is 1. The van der Waals surface area contributed by atoms with E-state index in [0.717, 1.165) is 43.9 Å². The predicted octanol–water partition coefficient (Wildman–Crippen LogP) is 2.18. The van der Waals surface area contributed by atoms with E-state index < -0.39 is 0 Å². The van der Waals surface area contributed by atoms with E-state index >= 15 is 0 Å². The Kier molecular flexibility index (Phi) is 6.86. The van der Waals surface area contributed by atoms with Gasteiger partial charge in [0.25, 0.3) is 0 Å². The van der Waals surface area contributed by atoms with E-state index in [-0.39, 0.29) is 18.4 Å². The van der Waals surface area contributed by atoms with Crippen molar-refractivity contribution < 1.29 is 9.90 Å². The van der Waals surface area contributed by atoms with Crippen molar-refractivity contribution in [2.24, 2.45) is 5.92 Å². The molecule has 0 aliphatic carbocycles. The lowest BCUT2D eigenvalue weighted by Crippen LogP contribution is -2.38. The van der Waals surface area contributed by atoms with Gasteiger partial charge in [-0.25, -0.2) is 0 Å². The Labute approximate surface area is 139 Å². The Morgan fingerprint density at radius 1 is 1.30 bits per heavy atom. The topological polar surface area (TPSA) is 55.8 Å². The number of nitrogens with one attached hydrogen (secondary N) is 1. The zero-order valence-electron chi connectivity index (χ0n) is 14.3. The van der Waals surface area contributed by atoms with E-state index in [1.54, 1.807) is 0 Å². The smallest absolute Gasteiger partial charge is 0.227 e. The highest BCUT2D eigenvalue weighted by atomic mass is 16.3. The third kappa shape index (κ3) is 5.22. The Balaban J connectivity index is 1.83. The second-order valence-corrected chi connectivity index (χ2v) is 6.30. The van der Waals surface area contributed by atoms with E-state index in [1.165, 1.54) is 6.42 Å². The van der Waals surface area contributed by atoms with Gasteiger partial charge in [-0.05, 0) is 63.2 Å². The summed E-state index contributed by atoms with van der Waals surface area (Å²) in [6.07, 6.45) is 3.07. The highest BCUT2D eigenvalue weighted by Gasteiger charge is 2.24. The third-order valence-corrected chi connectivity index (χ3v) is 4.51. The number of carbonyl (C=O) groups excluding carboxylic acids is 1. The molecular weight excluding hydrogens is 290 g/mol. The molecular formula is C18H29N3O2.